The molecule has 32 heavy (non-hydrogen) atoms. The average Bonchev–Trinajstić information content (AvgIpc) is 2.68. The number of aliphatic carboxylic acids is 2. The van der Waals surface area contributed by atoms with Crippen molar-refractivity contribution in [2.45, 2.75) is 70.3 Å². The molecule has 0 saturated heterocycles. The minimum absolute atomic E-state index is 0.392. The third kappa shape index (κ3) is 9.70. The van der Waals surface area contributed by atoms with Crippen LogP contribution in [0.2, 0.25) is 0 Å². The van der Waals surface area contributed by atoms with Crippen molar-refractivity contribution >= 4 is 35.6 Å². The minimum Gasteiger partial charge on any atom is -0.481 e. The summed E-state index contributed by atoms with van der Waals surface area (Å²) in [6, 6.07) is -6.13. The number of carboxylic acid groups (broad SMARTS) is 2. The molecule has 0 fully saturated rings. The van der Waals surface area contributed by atoms with Gasteiger partial charge in [0.2, 0.25) is 23.6 Å². The Morgan fingerprint density at radius 1 is 0.844 bits per heavy atom. The Hall–Kier alpha value is -3.26. The summed E-state index contributed by atoms with van der Waals surface area (Å²) in [4.78, 5) is 71.0. The first-order valence-electron chi connectivity index (χ1n) is 9.78. The normalized spacial score (nSPS) is 16.4. The molecule has 0 aromatic carbocycles. The molecule has 0 aliphatic rings. The minimum atomic E-state index is -1.72. The summed E-state index contributed by atoms with van der Waals surface area (Å²) in [6.07, 6.45) is -2.51. The molecule has 14 nitrogen and oxygen atoms in total. The predicted octanol–water partition coefficient (Wildman–Crippen LogP) is -3.37. The summed E-state index contributed by atoms with van der Waals surface area (Å²) in [5.41, 5.74) is 10.5. The first-order chi connectivity index (χ1) is 14.7. The van der Waals surface area contributed by atoms with Crippen molar-refractivity contribution in [3.8, 4) is 0 Å². The number of carbonyl (C=O) groups excluding carboxylic acids is 4. The molecular weight excluding hydrogens is 430 g/mol. The van der Waals surface area contributed by atoms with Gasteiger partial charge in [0.15, 0.2) is 0 Å². The van der Waals surface area contributed by atoms with E-state index < -0.39 is 84.6 Å². The van der Waals surface area contributed by atoms with Crippen molar-refractivity contribution in [1.82, 2.24) is 16.0 Å². The van der Waals surface area contributed by atoms with Crippen LogP contribution in [0, 0.1) is 5.92 Å². The lowest BCUT2D eigenvalue weighted by atomic mass is 9.98. The van der Waals surface area contributed by atoms with Gasteiger partial charge >= 0.3 is 11.9 Å². The van der Waals surface area contributed by atoms with Crippen LogP contribution in [0.1, 0.15) is 40.0 Å². The Morgan fingerprint density at radius 3 is 1.72 bits per heavy atom. The number of rotatable bonds is 14. The molecule has 0 radical (unpaired) electrons. The Bertz CT molecular complexity index is 728. The smallest absolute Gasteiger partial charge is 0.326 e. The van der Waals surface area contributed by atoms with Gasteiger partial charge in [0, 0.05) is 0 Å². The van der Waals surface area contributed by atoms with Gasteiger partial charge in [0.1, 0.15) is 24.2 Å². The van der Waals surface area contributed by atoms with E-state index in [9.17, 15) is 39.0 Å². The van der Waals surface area contributed by atoms with Crippen molar-refractivity contribution in [2.75, 3.05) is 0 Å². The van der Waals surface area contributed by atoms with Crippen LogP contribution in [0.25, 0.3) is 0 Å². The fourth-order valence-electron chi connectivity index (χ4n) is 2.49. The summed E-state index contributed by atoms with van der Waals surface area (Å²) in [6.45, 7) is 4.47. The van der Waals surface area contributed by atoms with Crippen molar-refractivity contribution in [3.63, 3.8) is 0 Å². The summed E-state index contributed by atoms with van der Waals surface area (Å²) in [7, 11) is 0. The number of primary amides is 1. The first kappa shape index (κ1) is 28.7. The number of carbonyl (C=O) groups is 6. The molecule has 14 heteroatoms. The fraction of sp³-hybridized carbons (Fsp3) is 0.667. The van der Waals surface area contributed by atoms with Crippen LogP contribution in [0.3, 0.4) is 0 Å². The van der Waals surface area contributed by atoms with Crippen LogP contribution < -0.4 is 27.4 Å². The van der Waals surface area contributed by atoms with Crippen LogP contribution in [0.15, 0.2) is 0 Å². The summed E-state index contributed by atoms with van der Waals surface area (Å²) < 4.78 is 0. The van der Waals surface area contributed by atoms with Crippen LogP contribution in [-0.2, 0) is 28.8 Å². The Morgan fingerprint density at radius 2 is 1.31 bits per heavy atom. The zero-order valence-electron chi connectivity index (χ0n) is 18.0. The second-order valence-electron chi connectivity index (χ2n) is 7.37. The maximum Gasteiger partial charge on any atom is 0.326 e. The highest BCUT2D eigenvalue weighted by Gasteiger charge is 2.33. The van der Waals surface area contributed by atoms with Gasteiger partial charge < -0.3 is 42.7 Å². The second-order valence-corrected chi connectivity index (χ2v) is 7.37. The molecule has 0 aromatic rings. The van der Waals surface area contributed by atoms with E-state index in [-0.39, 0.29) is 0 Å². The van der Waals surface area contributed by atoms with Gasteiger partial charge in [-0.15, -0.1) is 0 Å². The predicted molar refractivity (Wildman–Crippen MR) is 109 cm³/mol. The van der Waals surface area contributed by atoms with Gasteiger partial charge in [-0.05, 0) is 12.8 Å². The number of aliphatic hydroxyl groups excluding tert-OH is 1. The lowest BCUT2D eigenvalue weighted by molar-refractivity contribution is -0.145. The molecule has 0 aliphatic heterocycles. The third-order valence-electron chi connectivity index (χ3n) is 4.65. The van der Waals surface area contributed by atoms with Gasteiger partial charge in [-0.2, -0.15) is 0 Å². The first-order valence-corrected chi connectivity index (χ1v) is 9.78. The Labute approximate surface area is 184 Å². The SMILES string of the molecule is CCC(C)C(NC(=O)C(CC(=O)O)NC(=O)C(CC(N)=O)NC(=O)C(N)C(C)O)C(=O)O. The van der Waals surface area contributed by atoms with Gasteiger partial charge in [0.05, 0.1) is 18.9 Å². The van der Waals surface area contributed by atoms with E-state index >= 15 is 0 Å². The topological polar surface area (TPSA) is 251 Å². The number of aliphatic hydroxyl groups is 1. The Kier molecular flexibility index (Phi) is 11.9. The zero-order chi connectivity index (χ0) is 25.2. The van der Waals surface area contributed by atoms with Gasteiger partial charge in [-0.25, -0.2) is 4.79 Å². The lowest BCUT2D eigenvalue weighted by Gasteiger charge is -2.25. The number of hydrogen-bond acceptors (Lipinski definition) is 8. The van der Waals surface area contributed by atoms with Gasteiger partial charge in [0.25, 0.3) is 0 Å². The summed E-state index contributed by atoms with van der Waals surface area (Å²) in [5.74, 6) is -7.54. The second kappa shape index (κ2) is 13.2. The van der Waals surface area contributed by atoms with Crippen molar-refractivity contribution in [3.05, 3.63) is 0 Å². The quantitative estimate of drug-likeness (QED) is 0.127. The summed E-state index contributed by atoms with van der Waals surface area (Å²) in [5, 5.41) is 34.1. The highest BCUT2D eigenvalue weighted by molar-refractivity contribution is 5.97. The number of nitrogens with one attached hydrogen (secondary N) is 3. The van der Waals surface area contributed by atoms with E-state index in [1.54, 1.807) is 13.8 Å². The molecule has 0 saturated carbocycles. The third-order valence-corrected chi connectivity index (χ3v) is 4.65. The highest BCUT2D eigenvalue weighted by atomic mass is 16.4. The monoisotopic (exact) mass is 461 g/mol. The maximum absolute atomic E-state index is 12.6. The molecule has 0 rings (SSSR count). The van der Waals surface area contributed by atoms with E-state index in [0.717, 1.165) is 0 Å². The van der Waals surface area contributed by atoms with Gasteiger partial charge in [-0.3, -0.25) is 24.0 Å². The molecule has 6 atom stereocenters. The van der Waals surface area contributed by atoms with E-state index in [1.807, 2.05) is 0 Å². The van der Waals surface area contributed by atoms with Crippen molar-refractivity contribution in [1.29, 1.82) is 0 Å². The molecule has 10 N–H and O–H groups in total. The molecule has 0 aromatic heterocycles. The van der Waals surface area contributed by atoms with Gasteiger partial charge in [-0.1, -0.05) is 20.3 Å². The number of hydrogen-bond donors (Lipinski definition) is 8. The number of nitrogens with two attached hydrogens (primary N) is 2. The van der Waals surface area contributed by atoms with E-state index in [2.05, 4.69) is 16.0 Å². The highest BCUT2D eigenvalue weighted by Crippen LogP contribution is 2.09. The lowest BCUT2D eigenvalue weighted by Crippen LogP contribution is -2.59. The van der Waals surface area contributed by atoms with Crippen LogP contribution in [-0.4, -0.2) is 81.2 Å². The van der Waals surface area contributed by atoms with E-state index in [4.69, 9.17) is 16.6 Å². The average molecular weight is 461 g/mol. The molecular formula is C18H31N5O9. The maximum atomic E-state index is 12.6. The molecule has 182 valence electrons. The van der Waals surface area contributed by atoms with Crippen LogP contribution >= 0.6 is 0 Å². The van der Waals surface area contributed by atoms with Crippen molar-refractivity contribution < 1.29 is 44.1 Å². The van der Waals surface area contributed by atoms with Crippen LogP contribution in [0.4, 0.5) is 0 Å². The molecule has 6 unspecified atom stereocenters. The fourth-order valence-corrected chi connectivity index (χ4v) is 2.49. The molecule has 0 heterocycles. The van der Waals surface area contributed by atoms with E-state index in [0.29, 0.717) is 6.42 Å². The molecule has 0 bridgehead atoms. The van der Waals surface area contributed by atoms with Crippen molar-refractivity contribution in [2.24, 2.45) is 17.4 Å². The number of amides is 4. The molecule has 0 aliphatic carbocycles. The van der Waals surface area contributed by atoms with Crippen LogP contribution in [0.5, 0.6) is 0 Å². The van der Waals surface area contributed by atoms with E-state index in [1.165, 1.54) is 6.92 Å². The summed E-state index contributed by atoms with van der Waals surface area (Å²) >= 11 is 0. The molecule has 4 amide bonds. The largest absolute Gasteiger partial charge is 0.481 e. The number of carboxylic acids is 2. The molecule has 0 spiro atoms. The Balaban J connectivity index is 5.61. The standard InChI is InChI=1S/C18H31N5O9/c1-4-7(2)14(18(31)32)23-16(29)10(6-12(26)27)21-15(28)9(5-11(19)25)22-17(30)13(20)8(3)24/h7-10,13-14,24H,4-6,20H2,1-3H3,(H2,19,25)(H,21,28)(H,22,30)(H,23,29)(H,26,27)(H,31,32). The zero-order valence-corrected chi connectivity index (χ0v) is 18.0.